The van der Waals surface area contributed by atoms with Gasteiger partial charge in [-0.2, -0.15) is 0 Å². The molecule has 0 saturated heterocycles. The Morgan fingerprint density at radius 2 is 1.89 bits per heavy atom. The van der Waals surface area contributed by atoms with Crippen molar-refractivity contribution in [2.75, 3.05) is 13.1 Å². The summed E-state index contributed by atoms with van der Waals surface area (Å²) < 4.78 is 0. The Morgan fingerprint density at radius 1 is 1.22 bits per heavy atom. The van der Waals surface area contributed by atoms with Crippen molar-refractivity contribution in [2.45, 2.75) is 39.2 Å². The van der Waals surface area contributed by atoms with Crippen LogP contribution >= 0.6 is 0 Å². The van der Waals surface area contributed by atoms with Gasteiger partial charge < -0.3 is 10.6 Å². The summed E-state index contributed by atoms with van der Waals surface area (Å²) in [4.78, 5) is 11.5. The third-order valence-electron chi connectivity index (χ3n) is 3.14. The molecule has 0 aliphatic heterocycles. The van der Waals surface area contributed by atoms with Crippen LogP contribution in [0.5, 0.6) is 0 Å². The summed E-state index contributed by atoms with van der Waals surface area (Å²) in [6, 6.07) is 10.3. The molecule has 1 aromatic carbocycles. The van der Waals surface area contributed by atoms with E-state index in [1.807, 2.05) is 19.9 Å². The molecule has 1 amide bonds. The highest BCUT2D eigenvalue weighted by Crippen LogP contribution is 2.17. The Bertz CT molecular complexity index is 351. The fourth-order valence-corrected chi connectivity index (χ4v) is 1.88. The van der Waals surface area contributed by atoms with E-state index in [0.29, 0.717) is 12.5 Å². The molecule has 2 unspecified atom stereocenters. The van der Waals surface area contributed by atoms with E-state index in [-0.39, 0.29) is 11.9 Å². The van der Waals surface area contributed by atoms with Crippen LogP contribution in [0.3, 0.4) is 0 Å². The van der Waals surface area contributed by atoms with E-state index in [9.17, 15) is 4.79 Å². The van der Waals surface area contributed by atoms with Gasteiger partial charge in [-0.1, -0.05) is 37.3 Å². The van der Waals surface area contributed by atoms with Crippen molar-refractivity contribution in [2.24, 2.45) is 0 Å². The van der Waals surface area contributed by atoms with Crippen molar-refractivity contribution in [1.82, 2.24) is 10.6 Å². The predicted octanol–water partition coefficient (Wildman–Crippen LogP) is 2.29. The summed E-state index contributed by atoms with van der Waals surface area (Å²) in [5.74, 6) is 0.588. The highest BCUT2D eigenvalue weighted by Gasteiger charge is 2.11. The second kappa shape index (κ2) is 7.88. The summed E-state index contributed by atoms with van der Waals surface area (Å²) in [5.41, 5.74) is 1.35. The molecule has 18 heavy (non-hydrogen) atoms. The molecule has 0 aliphatic rings. The van der Waals surface area contributed by atoms with Crippen molar-refractivity contribution >= 4 is 5.91 Å². The molecule has 2 N–H and O–H groups in total. The Morgan fingerprint density at radius 3 is 2.50 bits per heavy atom. The molecule has 0 aliphatic carbocycles. The molecule has 0 spiro atoms. The van der Waals surface area contributed by atoms with Gasteiger partial charge in [0.1, 0.15) is 0 Å². The van der Waals surface area contributed by atoms with Crippen molar-refractivity contribution in [3.63, 3.8) is 0 Å². The fourth-order valence-electron chi connectivity index (χ4n) is 1.88. The highest BCUT2D eigenvalue weighted by molar-refractivity contribution is 5.81. The summed E-state index contributed by atoms with van der Waals surface area (Å²) in [5, 5.41) is 6.07. The minimum atomic E-state index is -0.118. The van der Waals surface area contributed by atoms with E-state index in [1.165, 1.54) is 5.56 Å². The van der Waals surface area contributed by atoms with E-state index in [4.69, 9.17) is 0 Å². The monoisotopic (exact) mass is 248 g/mol. The summed E-state index contributed by atoms with van der Waals surface area (Å²) in [6.45, 7) is 7.59. The normalized spacial score (nSPS) is 13.9. The molecule has 3 heteroatoms. The van der Waals surface area contributed by atoms with Gasteiger partial charge in [0, 0.05) is 6.54 Å². The quantitative estimate of drug-likeness (QED) is 0.777. The first-order valence-corrected chi connectivity index (χ1v) is 6.71. The maximum atomic E-state index is 11.5. The Kier molecular flexibility index (Phi) is 6.44. The highest BCUT2D eigenvalue weighted by atomic mass is 16.2. The standard InChI is InChI=1S/C15H24N2O/c1-4-16-15(18)13(3)17-11-10-12(2)14-8-6-5-7-9-14/h5-9,12-13,17H,4,10-11H2,1-3H3,(H,16,18). The van der Waals surface area contributed by atoms with Gasteiger partial charge in [-0.05, 0) is 38.3 Å². The van der Waals surface area contributed by atoms with Gasteiger partial charge in [0.25, 0.3) is 0 Å². The molecule has 0 fully saturated rings. The number of hydrogen-bond donors (Lipinski definition) is 2. The number of hydrogen-bond acceptors (Lipinski definition) is 2. The van der Waals surface area contributed by atoms with Crippen molar-refractivity contribution in [3.05, 3.63) is 35.9 Å². The fraction of sp³-hybridized carbons (Fsp3) is 0.533. The maximum absolute atomic E-state index is 11.5. The molecule has 1 aromatic rings. The Hall–Kier alpha value is -1.35. The third-order valence-corrected chi connectivity index (χ3v) is 3.14. The molecule has 1 rings (SSSR count). The van der Waals surface area contributed by atoms with Gasteiger partial charge in [0.2, 0.25) is 5.91 Å². The lowest BCUT2D eigenvalue weighted by Crippen LogP contribution is -2.42. The van der Waals surface area contributed by atoms with Crippen LogP contribution in [0.25, 0.3) is 0 Å². The van der Waals surface area contributed by atoms with Gasteiger partial charge in [-0.25, -0.2) is 0 Å². The molecule has 0 heterocycles. The molecular formula is C15H24N2O. The third kappa shape index (κ3) is 4.88. The molecule has 0 saturated carbocycles. The van der Waals surface area contributed by atoms with Gasteiger partial charge in [0.15, 0.2) is 0 Å². The van der Waals surface area contributed by atoms with Gasteiger partial charge in [0.05, 0.1) is 6.04 Å². The van der Waals surface area contributed by atoms with E-state index in [2.05, 4.69) is 41.8 Å². The number of benzene rings is 1. The van der Waals surface area contributed by atoms with Crippen molar-refractivity contribution < 1.29 is 4.79 Å². The number of carbonyl (C=O) groups excluding carboxylic acids is 1. The lowest BCUT2D eigenvalue weighted by molar-refractivity contribution is -0.122. The molecular weight excluding hydrogens is 224 g/mol. The largest absolute Gasteiger partial charge is 0.355 e. The van der Waals surface area contributed by atoms with Gasteiger partial charge in [-0.3, -0.25) is 4.79 Å². The van der Waals surface area contributed by atoms with Crippen LogP contribution in [0.1, 0.15) is 38.7 Å². The topological polar surface area (TPSA) is 41.1 Å². The molecule has 0 bridgehead atoms. The summed E-state index contributed by atoms with van der Waals surface area (Å²) in [6.07, 6.45) is 1.04. The minimum absolute atomic E-state index is 0.0739. The minimum Gasteiger partial charge on any atom is -0.355 e. The van der Waals surface area contributed by atoms with Crippen LogP contribution in [0, 0.1) is 0 Å². The van der Waals surface area contributed by atoms with Crippen molar-refractivity contribution in [3.8, 4) is 0 Å². The Balaban J connectivity index is 2.27. The van der Waals surface area contributed by atoms with E-state index in [1.54, 1.807) is 0 Å². The first-order valence-electron chi connectivity index (χ1n) is 6.71. The smallest absolute Gasteiger partial charge is 0.236 e. The number of amides is 1. The van der Waals surface area contributed by atoms with Crippen LogP contribution in [0.15, 0.2) is 30.3 Å². The summed E-state index contributed by atoms with van der Waals surface area (Å²) in [7, 11) is 0. The average molecular weight is 248 g/mol. The van der Waals surface area contributed by atoms with Gasteiger partial charge >= 0.3 is 0 Å². The molecule has 0 radical (unpaired) electrons. The zero-order valence-corrected chi connectivity index (χ0v) is 11.6. The van der Waals surface area contributed by atoms with Crippen LogP contribution in [0.2, 0.25) is 0 Å². The molecule has 100 valence electrons. The van der Waals surface area contributed by atoms with E-state index < -0.39 is 0 Å². The maximum Gasteiger partial charge on any atom is 0.236 e. The van der Waals surface area contributed by atoms with Gasteiger partial charge in [-0.15, -0.1) is 0 Å². The second-order valence-electron chi connectivity index (χ2n) is 4.67. The molecule has 3 nitrogen and oxygen atoms in total. The lowest BCUT2D eigenvalue weighted by Gasteiger charge is -2.16. The number of carbonyl (C=O) groups is 1. The zero-order chi connectivity index (χ0) is 13.4. The molecule has 0 aromatic heterocycles. The lowest BCUT2D eigenvalue weighted by atomic mass is 9.98. The average Bonchev–Trinajstić information content (AvgIpc) is 2.39. The first-order chi connectivity index (χ1) is 8.65. The number of rotatable bonds is 7. The second-order valence-corrected chi connectivity index (χ2v) is 4.67. The first kappa shape index (κ1) is 14.7. The molecule has 2 atom stereocenters. The van der Waals surface area contributed by atoms with Crippen LogP contribution < -0.4 is 10.6 Å². The van der Waals surface area contributed by atoms with Crippen LogP contribution in [-0.4, -0.2) is 25.0 Å². The number of likely N-dealkylation sites (N-methyl/N-ethyl adjacent to an activating group) is 1. The van der Waals surface area contributed by atoms with E-state index >= 15 is 0 Å². The van der Waals surface area contributed by atoms with E-state index in [0.717, 1.165) is 13.0 Å². The van der Waals surface area contributed by atoms with Crippen LogP contribution in [-0.2, 0) is 4.79 Å². The Labute approximate surface area is 110 Å². The summed E-state index contributed by atoms with van der Waals surface area (Å²) >= 11 is 0. The predicted molar refractivity (Wildman–Crippen MR) is 75.6 cm³/mol. The van der Waals surface area contributed by atoms with Crippen molar-refractivity contribution in [1.29, 1.82) is 0 Å². The zero-order valence-electron chi connectivity index (χ0n) is 11.6. The number of nitrogens with one attached hydrogen (secondary N) is 2. The SMILES string of the molecule is CCNC(=O)C(C)NCCC(C)c1ccccc1. The van der Waals surface area contributed by atoms with Crippen LogP contribution in [0.4, 0.5) is 0 Å².